The quantitative estimate of drug-likeness (QED) is 0.811. The van der Waals surface area contributed by atoms with Crippen molar-refractivity contribution in [3.63, 3.8) is 0 Å². The molecule has 0 atom stereocenters. The van der Waals surface area contributed by atoms with E-state index in [1.165, 1.54) is 11.8 Å². The molecule has 0 spiro atoms. The minimum atomic E-state index is 0.207. The molecule has 92 valence electrons. The third-order valence-electron chi connectivity index (χ3n) is 2.70. The van der Waals surface area contributed by atoms with Crippen molar-refractivity contribution < 1.29 is 4.79 Å². The standard InChI is InChI=1S/C12H17N3OS/c1-10-2-3-11(14-8-10)17-9-12(16)15-6-4-13-5-7-15/h2-3,8,13H,4-7,9H2,1H3. The molecule has 0 saturated carbocycles. The van der Waals surface area contributed by atoms with E-state index < -0.39 is 0 Å². The highest BCUT2D eigenvalue weighted by Gasteiger charge is 2.16. The van der Waals surface area contributed by atoms with E-state index in [1.807, 2.05) is 30.2 Å². The van der Waals surface area contributed by atoms with E-state index in [0.29, 0.717) is 5.75 Å². The van der Waals surface area contributed by atoms with Crippen molar-refractivity contribution in [2.45, 2.75) is 11.9 Å². The highest BCUT2D eigenvalue weighted by atomic mass is 32.2. The van der Waals surface area contributed by atoms with Crippen LogP contribution in [0.3, 0.4) is 0 Å². The molecule has 5 heteroatoms. The van der Waals surface area contributed by atoms with Crippen LogP contribution in [0.1, 0.15) is 5.56 Å². The number of aryl methyl sites for hydroxylation is 1. The lowest BCUT2D eigenvalue weighted by Crippen LogP contribution is -2.47. The van der Waals surface area contributed by atoms with Crippen LogP contribution in [0.5, 0.6) is 0 Å². The van der Waals surface area contributed by atoms with Crippen LogP contribution >= 0.6 is 11.8 Å². The van der Waals surface area contributed by atoms with Gasteiger partial charge in [0.05, 0.1) is 10.8 Å². The minimum absolute atomic E-state index is 0.207. The molecule has 0 bridgehead atoms. The lowest BCUT2D eigenvalue weighted by atomic mass is 10.3. The number of hydrogen-bond acceptors (Lipinski definition) is 4. The van der Waals surface area contributed by atoms with E-state index in [0.717, 1.165) is 36.8 Å². The zero-order valence-electron chi connectivity index (χ0n) is 9.98. The molecule has 2 rings (SSSR count). The summed E-state index contributed by atoms with van der Waals surface area (Å²) in [5.74, 6) is 0.689. The largest absolute Gasteiger partial charge is 0.339 e. The number of rotatable bonds is 3. The SMILES string of the molecule is Cc1ccc(SCC(=O)N2CCNCC2)nc1. The summed E-state index contributed by atoms with van der Waals surface area (Å²) in [4.78, 5) is 18.1. The number of thioether (sulfide) groups is 1. The maximum atomic E-state index is 11.9. The van der Waals surface area contributed by atoms with E-state index in [9.17, 15) is 4.79 Å². The summed E-state index contributed by atoms with van der Waals surface area (Å²) in [6.07, 6.45) is 1.83. The predicted molar refractivity (Wildman–Crippen MR) is 69.1 cm³/mol. The Morgan fingerprint density at radius 2 is 2.24 bits per heavy atom. The maximum Gasteiger partial charge on any atom is 0.233 e. The Kier molecular flexibility index (Phi) is 4.39. The van der Waals surface area contributed by atoms with E-state index in [1.54, 1.807) is 0 Å². The third kappa shape index (κ3) is 3.71. The zero-order chi connectivity index (χ0) is 12.1. The number of piperazine rings is 1. The number of aromatic nitrogens is 1. The normalized spacial score (nSPS) is 15.9. The summed E-state index contributed by atoms with van der Waals surface area (Å²) in [5, 5.41) is 4.15. The summed E-state index contributed by atoms with van der Waals surface area (Å²) >= 11 is 1.51. The number of nitrogens with one attached hydrogen (secondary N) is 1. The second-order valence-electron chi connectivity index (χ2n) is 4.09. The average Bonchev–Trinajstić information content (AvgIpc) is 2.39. The second-order valence-corrected chi connectivity index (χ2v) is 5.09. The molecule has 0 aliphatic carbocycles. The van der Waals surface area contributed by atoms with Crippen LogP contribution in [0.15, 0.2) is 23.4 Å². The minimum Gasteiger partial charge on any atom is -0.339 e. The number of carbonyl (C=O) groups excluding carboxylic acids is 1. The van der Waals surface area contributed by atoms with Gasteiger partial charge in [-0.1, -0.05) is 17.8 Å². The van der Waals surface area contributed by atoms with E-state index in [-0.39, 0.29) is 5.91 Å². The molecule has 0 unspecified atom stereocenters. The smallest absolute Gasteiger partial charge is 0.233 e. The molecular weight excluding hydrogens is 234 g/mol. The number of nitrogens with zero attached hydrogens (tertiary/aromatic N) is 2. The highest BCUT2D eigenvalue weighted by Crippen LogP contribution is 2.15. The average molecular weight is 251 g/mol. The first kappa shape index (κ1) is 12.4. The van der Waals surface area contributed by atoms with E-state index in [2.05, 4.69) is 10.3 Å². The molecule has 1 aromatic rings. The maximum absolute atomic E-state index is 11.9. The van der Waals surface area contributed by atoms with Crippen molar-refractivity contribution in [1.82, 2.24) is 15.2 Å². The van der Waals surface area contributed by atoms with Gasteiger partial charge < -0.3 is 10.2 Å². The van der Waals surface area contributed by atoms with Gasteiger partial charge in [-0.05, 0) is 18.6 Å². The first-order valence-electron chi connectivity index (χ1n) is 5.79. The van der Waals surface area contributed by atoms with Crippen LogP contribution in [-0.2, 0) is 4.79 Å². The van der Waals surface area contributed by atoms with E-state index in [4.69, 9.17) is 0 Å². The van der Waals surface area contributed by atoms with Gasteiger partial charge in [0, 0.05) is 32.4 Å². The third-order valence-corrected chi connectivity index (χ3v) is 3.63. The summed E-state index contributed by atoms with van der Waals surface area (Å²) in [5.41, 5.74) is 1.14. The molecule has 1 saturated heterocycles. The summed E-state index contributed by atoms with van der Waals surface area (Å²) in [6, 6.07) is 3.98. The molecule has 2 heterocycles. The van der Waals surface area contributed by atoms with Crippen molar-refractivity contribution in [2.24, 2.45) is 0 Å². The molecule has 1 aliphatic rings. The predicted octanol–water partition coefficient (Wildman–Crippen LogP) is 0.914. The van der Waals surface area contributed by atoms with Gasteiger partial charge in [0.2, 0.25) is 5.91 Å². The Balaban J connectivity index is 1.81. The summed E-state index contributed by atoms with van der Waals surface area (Å²) in [6.45, 7) is 5.45. The number of hydrogen-bond donors (Lipinski definition) is 1. The van der Waals surface area contributed by atoms with Gasteiger partial charge in [-0.2, -0.15) is 0 Å². The Bertz CT molecular complexity index is 374. The van der Waals surface area contributed by atoms with Gasteiger partial charge >= 0.3 is 0 Å². The number of amides is 1. The Morgan fingerprint density at radius 1 is 1.47 bits per heavy atom. The molecule has 17 heavy (non-hydrogen) atoms. The van der Waals surface area contributed by atoms with Crippen LogP contribution in [0, 0.1) is 6.92 Å². The summed E-state index contributed by atoms with van der Waals surface area (Å²) in [7, 11) is 0. The van der Waals surface area contributed by atoms with Crippen molar-refractivity contribution in [3.05, 3.63) is 23.9 Å². The monoisotopic (exact) mass is 251 g/mol. The fraction of sp³-hybridized carbons (Fsp3) is 0.500. The van der Waals surface area contributed by atoms with Crippen molar-refractivity contribution in [1.29, 1.82) is 0 Å². The van der Waals surface area contributed by atoms with E-state index >= 15 is 0 Å². The molecule has 1 N–H and O–H groups in total. The zero-order valence-corrected chi connectivity index (χ0v) is 10.8. The van der Waals surface area contributed by atoms with Gasteiger partial charge in [-0.25, -0.2) is 4.98 Å². The van der Waals surface area contributed by atoms with Gasteiger partial charge in [0.1, 0.15) is 0 Å². The second kappa shape index (κ2) is 6.02. The molecule has 1 aromatic heterocycles. The van der Waals surface area contributed by atoms with Crippen LogP contribution in [-0.4, -0.2) is 47.7 Å². The molecule has 4 nitrogen and oxygen atoms in total. The number of pyridine rings is 1. The lowest BCUT2D eigenvalue weighted by Gasteiger charge is -2.27. The van der Waals surface area contributed by atoms with Crippen molar-refractivity contribution in [3.8, 4) is 0 Å². The number of carbonyl (C=O) groups is 1. The molecule has 0 radical (unpaired) electrons. The van der Waals surface area contributed by atoms with Gasteiger partial charge in [0.25, 0.3) is 0 Å². The van der Waals surface area contributed by atoms with Crippen LogP contribution in [0.4, 0.5) is 0 Å². The molecule has 0 aromatic carbocycles. The highest BCUT2D eigenvalue weighted by molar-refractivity contribution is 7.99. The van der Waals surface area contributed by atoms with Gasteiger partial charge in [-0.15, -0.1) is 0 Å². The van der Waals surface area contributed by atoms with Crippen LogP contribution in [0.2, 0.25) is 0 Å². The molecular formula is C12H17N3OS. The Morgan fingerprint density at radius 3 is 2.88 bits per heavy atom. The Labute approximate surface area is 106 Å². The molecule has 1 amide bonds. The van der Waals surface area contributed by atoms with Crippen molar-refractivity contribution in [2.75, 3.05) is 31.9 Å². The lowest BCUT2D eigenvalue weighted by molar-refractivity contribution is -0.128. The van der Waals surface area contributed by atoms with Crippen LogP contribution < -0.4 is 5.32 Å². The fourth-order valence-electron chi connectivity index (χ4n) is 1.68. The topological polar surface area (TPSA) is 45.2 Å². The Hall–Kier alpha value is -1.07. The van der Waals surface area contributed by atoms with Crippen molar-refractivity contribution >= 4 is 17.7 Å². The first-order valence-corrected chi connectivity index (χ1v) is 6.78. The first-order chi connectivity index (χ1) is 8.25. The molecule has 1 fully saturated rings. The van der Waals surface area contributed by atoms with Gasteiger partial charge in [0.15, 0.2) is 0 Å². The van der Waals surface area contributed by atoms with Gasteiger partial charge in [-0.3, -0.25) is 4.79 Å². The fourth-order valence-corrected chi connectivity index (χ4v) is 2.43. The molecule has 1 aliphatic heterocycles. The summed E-state index contributed by atoms with van der Waals surface area (Å²) < 4.78 is 0. The van der Waals surface area contributed by atoms with Crippen LogP contribution in [0.25, 0.3) is 0 Å².